The summed E-state index contributed by atoms with van der Waals surface area (Å²) in [4.78, 5) is 11.5. The number of benzene rings is 1. The van der Waals surface area contributed by atoms with Gasteiger partial charge >= 0.3 is 0 Å². The van der Waals surface area contributed by atoms with Crippen LogP contribution < -0.4 is 10.1 Å². The van der Waals surface area contributed by atoms with E-state index in [0.29, 0.717) is 6.54 Å². The molecule has 1 rings (SSSR count). The van der Waals surface area contributed by atoms with Gasteiger partial charge in [0.2, 0.25) is 5.91 Å². The van der Waals surface area contributed by atoms with Crippen LogP contribution in [0.3, 0.4) is 0 Å². The predicted octanol–water partition coefficient (Wildman–Crippen LogP) is 2.32. The Hall–Kier alpha value is -1.77. The molecule has 1 N–H and O–H groups in total. The van der Waals surface area contributed by atoms with Crippen molar-refractivity contribution in [3.63, 3.8) is 0 Å². The Morgan fingerprint density at radius 2 is 2.00 bits per heavy atom. The molecule has 3 heteroatoms. The molecule has 0 aliphatic heterocycles. The Morgan fingerprint density at radius 1 is 1.35 bits per heavy atom. The second-order valence-corrected chi connectivity index (χ2v) is 3.83. The number of methoxy groups -OCH3 is 1. The van der Waals surface area contributed by atoms with E-state index in [1.807, 2.05) is 44.2 Å². The zero-order chi connectivity index (χ0) is 12.7. The van der Waals surface area contributed by atoms with Crippen LogP contribution >= 0.6 is 0 Å². The minimum absolute atomic E-state index is 0.000937. The summed E-state index contributed by atoms with van der Waals surface area (Å²) in [6.07, 6.45) is 2.63. The summed E-state index contributed by atoms with van der Waals surface area (Å²) in [5.41, 5.74) is 1.93. The standard InChI is InChI=1S/C14H19NO2/c1-4-11(2)14(16)15-10-9-12-5-7-13(17-3)8-6-12/h4-8H,9-10H2,1-3H3,(H,15,16)/b11-4+. The quantitative estimate of drug-likeness (QED) is 0.793. The Labute approximate surface area is 102 Å². The summed E-state index contributed by atoms with van der Waals surface area (Å²) >= 11 is 0. The first-order valence-corrected chi connectivity index (χ1v) is 5.71. The number of amides is 1. The van der Waals surface area contributed by atoms with Crippen molar-refractivity contribution in [2.45, 2.75) is 20.3 Å². The zero-order valence-corrected chi connectivity index (χ0v) is 10.6. The number of allylic oxidation sites excluding steroid dienone is 1. The minimum Gasteiger partial charge on any atom is -0.497 e. The molecule has 0 atom stereocenters. The van der Waals surface area contributed by atoms with E-state index in [0.717, 1.165) is 17.7 Å². The summed E-state index contributed by atoms with van der Waals surface area (Å²) in [6, 6.07) is 7.86. The van der Waals surface area contributed by atoms with E-state index in [1.54, 1.807) is 7.11 Å². The first kappa shape index (κ1) is 13.3. The molecular weight excluding hydrogens is 214 g/mol. The van der Waals surface area contributed by atoms with Gasteiger partial charge in [0, 0.05) is 12.1 Å². The monoisotopic (exact) mass is 233 g/mol. The maximum atomic E-state index is 11.5. The van der Waals surface area contributed by atoms with Crippen molar-refractivity contribution in [1.82, 2.24) is 5.32 Å². The van der Waals surface area contributed by atoms with Crippen LogP contribution in [0.1, 0.15) is 19.4 Å². The average Bonchev–Trinajstić information content (AvgIpc) is 2.38. The van der Waals surface area contributed by atoms with Gasteiger partial charge in [0.25, 0.3) is 0 Å². The summed E-state index contributed by atoms with van der Waals surface area (Å²) in [5.74, 6) is 0.851. The van der Waals surface area contributed by atoms with E-state index in [9.17, 15) is 4.79 Å². The van der Waals surface area contributed by atoms with Crippen LogP contribution in [0.5, 0.6) is 5.75 Å². The molecule has 0 aliphatic rings. The van der Waals surface area contributed by atoms with Crippen molar-refractivity contribution >= 4 is 5.91 Å². The molecule has 0 heterocycles. The molecule has 3 nitrogen and oxygen atoms in total. The largest absolute Gasteiger partial charge is 0.497 e. The molecule has 0 aromatic heterocycles. The highest BCUT2D eigenvalue weighted by Crippen LogP contribution is 2.11. The lowest BCUT2D eigenvalue weighted by Crippen LogP contribution is -2.26. The lowest BCUT2D eigenvalue weighted by Gasteiger charge is -2.06. The second-order valence-electron chi connectivity index (χ2n) is 3.83. The maximum Gasteiger partial charge on any atom is 0.246 e. The topological polar surface area (TPSA) is 38.3 Å². The van der Waals surface area contributed by atoms with Crippen LogP contribution in [0, 0.1) is 0 Å². The third kappa shape index (κ3) is 4.31. The van der Waals surface area contributed by atoms with Gasteiger partial charge in [0.05, 0.1) is 7.11 Å². The van der Waals surface area contributed by atoms with E-state index in [1.165, 1.54) is 5.56 Å². The molecule has 1 amide bonds. The Morgan fingerprint density at radius 3 is 2.53 bits per heavy atom. The fraction of sp³-hybridized carbons (Fsp3) is 0.357. The van der Waals surface area contributed by atoms with E-state index >= 15 is 0 Å². The van der Waals surface area contributed by atoms with Gasteiger partial charge in [-0.1, -0.05) is 18.2 Å². The van der Waals surface area contributed by atoms with Crippen LogP contribution in [-0.2, 0) is 11.2 Å². The molecular formula is C14H19NO2. The third-order valence-electron chi connectivity index (χ3n) is 2.65. The highest BCUT2D eigenvalue weighted by molar-refractivity contribution is 5.92. The number of carbonyl (C=O) groups excluding carboxylic acids is 1. The maximum absolute atomic E-state index is 11.5. The van der Waals surface area contributed by atoms with Gasteiger partial charge in [0.15, 0.2) is 0 Å². The zero-order valence-electron chi connectivity index (χ0n) is 10.6. The summed E-state index contributed by atoms with van der Waals surface area (Å²) in [5, 5.41) is 2.87. The van der Waals surface area contributed by atoms with Gasteiger partial charge in [-0.25, -0.2) is 0 Å². The molecule has 0 saturated heterocycles. The van der Waals surface area contributed by atoms with E-state index in [2.05, 4.69) is 5.32 Å². The minimum atomic E-state index is 0.000937. The molecule has 92 valence electrons. The van der Waals surface area contributed by atoms with Crippen molar-refractivity contribution in [3.05, 3.63) is 41.5 Å². The van der Waals surface area contributed by atoms with Crippen molar-refractivity contribution in [2.24, 2.45) is 0 Å². The molecule has 0 fully saturated rings. The molecule has 1 aromatic carbocycles. The van der Waals surface area contributed by atoms with Gasteiger partial charge in [-0.15, -0.1) is 0 Å². The molecule has 0 saturated carbocycles. The fourth-order valence-corrected chi connectivity index (χ4v) is 1.38. The van der Waals surface area contributed by atoms with E-state index in [4.69, 9.17) is 4.74 Å². The number of hydrogen-bond donors (Lipinski definition) is 1. The summed E-state index contributed by atoms with van der Waals surface area (Å²) in [7, 11) is 1.65. The van der Waals surface area contributed by atoms with Crippen LogP contribution in [0.25, 0.3) is 0 Å². The van der Waals surface area contributed by atoms with Crippen molar-refractivity contribution in [1.29, 1.82) is 0 Å². The first-order chi connectivity index (χ1) is 8.17. The molecule has 0 bridgehead atoms. The average molecular weight is 233 g/mol. The molecule has 0 unspecified atom stereocenters. The number of rotatable bonds is 5. The number of nitrogens with one attached hydrogen (secondary N) is 1. The van der Waals surface area contributed by atoms with Gasteiger partial charge in [-0.3, -0.25) is 4.79 Å². The van der Waals surface area contributed by atoms with Gasteiger partial charge in [0.1, 0.15) is 5.75 Å². The number of carbonyl (C=O) groups is 1. The molecule has 0 spiro atoms. The van der Waals surface area contributed by atoms with E-state index in [-0.39, 0.29) is 5.91 Å². The normalized spacial score (nSPS) is 11.1. The first-order valence-electron chi connectivity index (χ1n) is 5.71. The Balaban J connectivity index is 2.38. The smallest absolute Gasteiger partial charge is 0.246 e. The van der Waals surface area contributed by atoms with Crippen LogP contribution in [0.4, 0.5) is 0 Å². The van der Waals surface area contributed by atoms with Crippen molar-refractivity contribution < 1.29 is 9.53 Å². The van der Waals surface area contributed by atoms with Gasteiger partial charge in [-0.05, 0) is 38.0 Å². The Bertz CT molecular complexity index is 393. The molecule has 0 aliphatic carbocycles. The number of ether oxygens (including phenoxy) is 1. The van der Waals surface area contributed by atoms with Gasteiger partial charge in [-0.2, -0.15) is 0 Å². The van der Waals surface area contributed by atoms with Crippen LogP contribution in [-0.4, -0.2) is 19.6 Å². The van der Waals surface area contributed by atoms with Crippen molar-refractivity contribution in [3.8, 4) is 5.75 Å². The molecule has 1 aromatic rings. The van der Waals surface area contributed by atoms with Crippen LogP contribution in [0.2, 0.25) is 0 Å². The lowest BCUT2D eigenvalue weighted by atomic mass is 10.1. The summed E-state index contributed by atoms with van der Waals surface area (Å²) < 4.78 is 5.08. The van der Waals surface area contributed by atoms with Gasteiger partial charge < -0.3 is 10.1 Å². The highest BCUT2D eigenvalue weighted by atomic mass is 16.5. The highest BCUT2D eigenvalue weighted by Gasteiger charge is 2.01. The SMILES string of the molecule is C/C=C(\C)C(=O)NCCc1ccc(OC)cc1. The predicted molar refractivity (Wildman–Crippen MR) is 69.1 cm³/mol. The van der Waals surface area contributed by atoms with Crippen molar-refractivity contribution in [2.75, 3.05) is 13.7 Å². The third-order valence-corrected chi connectivity index (χ3v) is 2.65. The van der Waals surface area contributed by atoms with Crippen LogP contribution in [0.15, 0.2) is 35.9 Å². The lowest BCUT2D eigenvalue weighted by molar-refractivity contribution is -0.117. The summed E-state index contributed by atoms with van der Waals surface area (Å²) in [6.45, 7) is 4.32. The fourth-order valence-electron chi connectivity index (χ4n) is 1.38. The number of hydrogen-bond acceptors (Lipinski definition) is 2. The molecule has 17 heavy (non-hydrogen) atoms. The second kappa shape index (κ2) is 6.74. The Kier molecular flexibility index (Phi) is 5.27. The van der Waals surface area contributed by atoms with E-state index < -0.39 is 0 Å². The molecule has 0 radical (unpaired) electrons.